The first-order valence-electron chi connectivity index (χ1n) is 9.77. The van der Waals surface area contributed by atoms with E-state index in [-0.39, 0.29) is 24.1 Å². The molecular formula is C23H32N2O2. The van der Waals surface area contributed by atoms with Gasteiger partial charge in [0.05, 0.1) is 12.1 Å². The second-order valence-electron chi connectivity index (χ2n) is 7.42. The number of hydrogen-bond acceptors (Lipinski definition) is 3. The Balaban J connectivity index is 1.85. The molecule has 0 bridgehead atoms. The van der Waals surface area contributed by atoms with Gasteiger partial charge in [-0.05, 0) is 49.9 Å². The molecule has 0 saturated carbocycles. The van der Waals surface area contributed by atoms with Crippen molar-refractivity contribution in [2.24, 2.45) is 0 Å². The molecule has 146 valence electrons. The first-order valence-corrected chi connectivity index (χ1v) is 9.77. The molecule has 2 aromatic carbocycles. The van der Waals surface area contributed by atoms with Crippen LogP contribution in [0.15, 0.2) is 54.6 Å². The Morgan fingerprint density at radius 2 is 1.59 bits per heavy atom. The molecule has 0 aliphatic heterocycles. The van der Waals surface area contributed by atoms with Gasteiger partial charge in [-0.1, -0.05) is 56.3 Å². The molecule has 0 fully saturated rings. The Bertz CT molecular complexity index is 681. The largest absolute Gasteiger partial charge is 0.491 e. The Morgan fingerprint density at radius 1 is 0.926 bits per heavy atom. The zero-order valence-electron chi connectivity index (χ0n) is 16.9. The summed E-state index contributed by atoms with van der Waals surface area (Å²) in [6.45, 7) is 8.77. The fourth-order valence-electron chi connectivity index (χ4n) is 2.94. The fourth-order valence-corrected chi connectivity index (χ4v) is 2.94. The molecular weight excluding hydrogens is 336 g/mol. The lowest BCUT2D eigenvalue weighted by atomic mass is 10.0. The highest BCUT2D eigenvalue weighted by Gasteiger charge is 2.19. The minimum atomic E-state index is -0.228. The number of amides is 1. The lowest BCUT2D eigenvalue weighted by Gasteiger charge is -2.21. The summed E-state index contributed by atoms with van der Waals surface area (Å²) < 4.78 is 5.66. The predicted molar refractivity (Wildman–Crippen MR) is 111 cm³/mol. The SMILES string of the molecule is CC(C)N[C@@H](Cc1ccccc1)C(=O)NCCc1ccc(OC(C)C)cc1. The Morgan fingerprint density at radius 3 is 2.19 bits per heavy atom. The molecule has 0 radical (unpaired) electrons. The van der Waals surface area contributed by atoms with Crippen LogP contribution in [0.3, 0.4) is 0 Å². The number of ether oxygens (including phenoxy) is 1. The third-order valence-electron chi connectivity index (χ3n) is 4.14. The molecule has 0 saturated heterocycles. The van der Waals surface area contributed by atoms with Crippen LogP contribution in [0.5, 0.6) is 5.75 Å². The van der Waals surface area contributed by atoms with E-state index in [4.69, 9.17) is 4.74 Å². The molecule has 2 rings (SSSR count). The highest BCUT2D eigenvalue weighted by molar-refractivity contribution is 5.82. The van der Waals surface area contributed by atoms with E-state index < -0.39 is 0 Å². The van der Waals surface area contributed by atoms with Gasteiger partial charge in [-0.15, -0.1) is 0 Å². The van der Waals surface area contributed by atoms with E-state index in [1.807, 2.05) is 44.2 Å². The van der Waals surface area contributed by atoms with Crippen molar-refractivity contribution in [3.8, 4) is 5.75 Å². The summed E-state index contributed by atoms with van der Waals surface area (Å²) >= 11 is 0. The third-order valence-corrected chi connectivity index (χ3v) is 4.14. The molecule has 4 heteroatoms. The molecule has 0 unspecified atom stereocenters. The van der Waals surface area contributed by atoms with Crippen LogP contribution in [0.4, 0.5) is 0 Å². The number of carbonyl (C=O) groups is 1. The highest BCUT2D eigenvalue weighted by atomic mass is 16.5. The molecule has 1 atom stereocenters. The molecule has 0 aliphatic rings. The predicted octanol–water partition coefficient (Wildman–Crippen LogP) is 3.74. The Labute approximate surface area is 163 Å². The average molecular weight is 369 g/mol. The van der Waals surface area contributed by atoms with Crippen molar-refractivity contribution in [1.29, 1.82) is 0 Å². The monoisotopic (exact) mass is 368 g/mol. The number of hydrogen-bond donors (Lipinski definition) is 2. The van der Waals surface area contributed by atoms with Gasteiger partial charge in [0.15, 0.2) is 0 Å². The van der Waals surface area contributed by atoms with Crippen molar-refractivity contribution in [2.45, 2.75) is 58.7 Å². The first-order chi connectivity index (χ1) is 12.9. The van der Waals surface area contributed by atoms with E-state index >= 15 is 0 Å². The summed E-state index contributed by atoms with van der Waals surface area (Å²) in [5.41, 5.74) is 2.34. The maximum Gasteiger partial charge on any atom is 0.237 e. The smallest absolute Gasteiger partial charge is 0.237 e. The Kier molecular flexibility index (Phi) is 8.34. The van der Waals surface area contributed by atoms with E-state index in [1.165, 1.54) is 5.56 Å². The van der Waals surface area contributed by atoms with E-state index in [2.05, 4.69) is 48.7 Å². The van der Waals surface area contributed by atoms with Gasteiger partial charge in [-0.25, -0.2) is 0 Å². The fraction of sp³-hybridized carbons (Fsp3) is 0.435. The zero-order valence-corrected chi connectivity index (χ0v) is 16.9. The number of nitrogens with one attached hydrogen (secondary N) is 2. The molecule has 4 nitrogen and oxygen atoms in total. The van der Waals surface area contributed by atoms with Gasteiger partial charge in [0.25, 0.3) is 0 Å². The minimum absolute atomic E-state index is 0.0484. The Hall–Kier alpha value is -2.33. The quantitative estimate of drug-likeness (QED) is 0.672. The van der Waals surface area contributed by atoms with E-state index in [0.717, 1.165) is 17.7 Å². The van der Waals surface area contributed by atoms with Crippen molar-refractivity contribution < 1.29 is 9.53 Å². The standard InChI is InChI=1S/C23H32N2O2/c1-17(2)25-22(16-20-8-6-5-7-9-20)23(26)24-15-14-19-10-12-21(13-11-19)27-18(3)4/h5-13,17-18,22,25H,14-16H2,1-4H3,(H,24,26)/t22-/m0/s1. The number of carbonyl (C=O) groups excluding carboxylic acids is 1. The zero-order chi connectivity index (χ0) is 19.6. The van der Waals surface area contributed by atoms with Crippen LogP contribution >= 0.6 is 0 Å². The van der Waals surface area contributed by atoms with Crippen LogP contribution in [0.1, 0.15) is 38.8 Å². The molecule has 27 heavy (non-hydrogen) atoms. The number of benzene rings is 2. The van der Waals surface area contributed by atoms with Gasteiger partial charge in [-0.3, -0.25) is 4.79 Å². The van der Waals surface area contributed by atoms with Gasteiger partial charge < -0.3 is 15.4 Å². The molecule has 0 spiro atoms. The lowest BCUT2D eigenvalue weighted by molar-refractivity contribution is -0.123. The number of rotatable bonds is 10. The highest BCUT2D eigenvalue weighted by Crippen LogP contribution is 2.14. The molecule has 0 aliphatic carbocycles. The van der Waals surface area contributed by atoms with Crippen molar-refractivity contribution in [2.75, 3.05) is 6.54 Å². The molecule has 2 N–H and O–H groups in total. The van der Waals surface area contributed by atoms with Crippen LogP contribution in [0.25, 0.3) is 0 Å². The van der Waals surface area contributed by atoms with Crippen molar-refractivity contribution >= 4 is 5.91 Å². The summed E-state index contributed by atoms with van der Waals surface area (Å²) in [4.78, 5) is 12.7. The second kappa shape index (κ2) is 10.7. The summed E-state index contributed by atoms with van der Waals surface area (Å²) in [6.07, 6.45) is 1.66. The van der Waals surface area contributed by atoms with Crippen LogP contribution in [-0.4, -0.2) is 30.6 Å². The second-order valence-corrected chi connectivity index (χ2v) is 7.42. The van der Waals surface area contributed by atoms with Gasteiger partial charge in [0.1, 0.15) is 5.75 Å². The van der Waals surface area contributed by atoms with Crippen molar-refractivity contribution in [1.82, 2.24) is 10.6 Å². The van der Waals surface area contributed by atoms with Crippen LogP contribution in [0, 0.1) is 0 Å². The van der Waals surface area contributed by atoms with Crippen molar-refractivity contribution in [3.63, 3.8) is 0 Å². The van der Waals surface area contributed by atoms with Gasteiger partial charge in [-0.2, -0.15) is 0 Å². The van der Waals surface area contributed by atoms with E-state index in [1.54, 1.807) is 0 Å². The van der Waals surface area contributed by atoms with Crippen LogP contribution in [-0.2, 0) is 17.6 Å². The molecule has 0 aromatic heterocycles. The third kappa shape index (κ3) is 7.83. The average Bonchev–Trinajstić information content (AvgIpc) is 2.62. The van der Waals surface area contributed by atoms with Crippen molar-refractivity contribution in [3.05, 3.63) is 65.7 Å². The van der Waals surface area contributed by atoms with Gasteiger partial charge in [0.2, 0.25) is 5.91 Å². The molecule has 2 aromatic rings. The lowest BCUT2D eigenvalue weighted by Crippen LogP contribution is -2.48. The van der Waals surface area contributed by atoms with Crippen LogP contribution < -0.4 is 15.4 Å². The van der Waals surface area contributed by atoms with E-state index in [0.29, 0.717) is 13.0 Å². The molecule has 1 amide bonds. The summed E-state index contributed by atoms with van der Waals surface area (Å²) in [7, 11) is 0. The topological polar surface area (TPSA) is 50.4 Å². The molecule has 0 heterocycles. The maximum atomic E-state index is 12.7. The maximum absolute atomic E-state index is 12.7. The van der Waals surface area contributed by atoms with Gasteiger partial charge >= 0.3 is 0 Å². The normalized spacial score (nSPS) is 12.2. The summed E-state index contributed by atoms with van der Waals surface area (Å²) in [5, 5.41) is 6.44. The van der Waals surface area contributed by atoms with Crippen LogP contribution in [0.2, 0.25) is 0 Å². The van der Waals surface area contributed by atoms with E-state index in [9.17, 15) is 4.79 Å². The summed E-state index contributed by atoms with van der Waals surface area (Å²) in [5.74, 6) is 0.925. The van der Waals surface area contributed by atoms with Gasteiger partial charge in [0, 0.05) is 12.6 Å². The summed E-state index contributed by atoms with van der Waals surface area (Å²) in [6, 6.07) is 18.2. The first kappa shape index (κ1) is 21.0. The minimum Gasteiger partial charge on any atom is -0.491 e.